The zero-order valence-corrected chi connectivity index (χ0v) is 11.4. The third kappa shape index (κ3) is 3.32. The highest BCUT2D eigenvalue weighted by Crippen LogP contribution is 2.15. The van der Waals surface area contributed by atoms with Crippen LogP contribution in [0.5, 0.6) is 0 Å². The van der Waals surface area contributed by atoms with Gasteiger partial charge in [0, 0.05) is 24.0 Å². The van der Waals surface area contributed by atoms with Crippen LogP contribution in [-0.4, -0.2) is 17.4 Å². The zero-order chi connectivity index (χ0) is 14.5. The number of hydrogen-bond donors (Lipinski definition) is 2. The van der Waals surface area contributed by atoms with Crippen LogP contribution in [0.15, 0.2) is 36.5 Å². The summed E-state index contributed by atoms with van der Waals surface area (Å²) in [5, 5.41) is 5.69. The van der Waals surface area contributed by atoms with Crippen LogP contribution in [0.1, 0.15) is 22.8 Å². The highest BCUT2D eigenvalue weighted by molar-refractivity contribution is 6.04. The minimum absolute atomic E-state index is 0.296. The second-order valence-electron chi connectivity index (χ2n) is 4.38. The van der Waals surface area contributed by atoms with Gasteiger partial charge in [-0.05, 0) is 43.7 Å². The van der Waals surface area contributed by atoms with E-state index in [0.29, 0.717) is 22.6 Å². The van der Waals surface area contributed by atoms with Crippen LogP contribution in [-0.2, 0) is 0 Å². The predicted octanol–water partition coefficient (Wildman–Crippen LogP) is 3.21. The van der Waals surface area contributed by atoms with Crippen molar-refractivity contribution in [1.82, 2.24) is 4.98 Å². The molecular weight excluding hydrogens is 257 g/mol. The molecule has 0 aliphatic carbocycles. The lowest BCUT2D eigenvalue weighted by atomic mass is 10.2. The zero-order valence-electron chi connectivity index (χ0n) is 11.4. The van der Waals surface area contributed by atoms with Crippen LogP contribution in [0.4, 0.5) is 15.9 Å². The monoisotopic (exact) mass is 273 g/mol. The minimum Gasteiger partial charge on any atom is -0.370 e. The Labute approximate surface area is 117 Å². The molecule has 0 fully saturated rings. The van der Waals surface area contributed by atoms with Gasteiger partial charge in [0.2, 0.25) is 0 Å². The summed E-state index contributed by atoms with van der Waals surface area (Å²) in [7, 11) is 0. The van der Waals surface area contributed by atoms with Gasteiger partial charge in [0.25, 0.3) is 5.91 Å². The number of halogens is 1. The smallest absolute Gasteiger partial charge is 0.255 e. The number of nitrogens with zero attached hydrogens (tertiary/aromatic N) is 1. The van der Waals surface area contributed by atoms with Gasteiger partial charge in [-0.2, -0.15) is 0 Å². The molecule has 104 valence electrons. The van der Waals surface area contributed by atoms with Crippen molar-refractivity contribution in [1.29, 1.82) is 0 Å². The number of carbonyl (C=O) groups excluding carboxylic acids is 1. The molecule has 1 aromatic heterocycles. The van der Waals surface area contributed by atoms with Gasteiger partial charge >= 0.3 is 0 Å². The third-order valence-electron chi connectivity index (χ3n) is 2.81. The summed E-state index contributed by atoms with van der Waals surface area (Å²) in [6, 6.07) is 7.87. The van der Waals surface area contributed by atoms with Gasteiger partial charge in [0.1, 0.15) is 11.6 Å². The van der Waals surface area contributed by atoms with E-state index in [1.54, 1.807) is 37.4 Å². The van der Waals surface area contributed by atoms with Gasteiger partial charge in [0.05, 0.1) is 0 Å². The van der Waals surface area contributed by atoms with E-state index in [1.165, 1.54) is 6.07 Å². The Morgan fingerprint density at radius 2 is 2.10 bits per heavy atom. The van der Waals surface area contributed by atoms with Gasteiger partial charge in [-0.15, -0.1) is 0 Å². The minimum atomic E-state index is -0.342. The van der Waals surface area contributed by atoms with E-state index in [4.69, 9.17) is 0 Å². The number of carbonyl (C=O) groups is 1. The molecule has 0 spiro atoms. The summed E-state index contributed by atoms with van der Waals surface area (Å²) in [5.41, 5.74) is 1.44. The van der Waals surface area contributed by atoms with Crippen LogP contribution in [0.2, 0.25) is 0 Å². The topological polar surface area (TPSA) is 54.0 Å². The fourth-order valence-electron chi connectivity index (χ4n) is 1.72. The Kier molecular flexibility index (Phi) is 4.30. The summed E-state index contributed by atoms with van der Waals surface area (Å²) in [6.45, 7) is 4.34. The van der Waals surface area contributed by atoms with Crippen molar-refractivity contribution in [2.24, 2.45) is 0 Å². The first kappa shape index (κ1) is 14.0. The quantitative estimate of drug-likeness (QED) is 0.899. The Morgan fingerprint density at radius 1 is 1.30 bits per heavy atom. The van der Waals surface area contributed by atoms with Crippen molar-refractivity contribution in [3.05, 3.63) is 53.5 Å². The van der Waals surface area contributed by atoms with E-state index in [2.05, 4.69) is 15.6 Å². The summed E-state index contributed by atoms with van der Waals surface area (Å²) in [4.78, 5) is 16.2. The first-order valence-corrected chi connectivity index (χ1v) is 6.37. The number of amides is 1. The number of aromatic nitrogens is 1. The van der Waals surface area contributed by atoms with Gasteiger partial charge in [-0.1, -0.05) is 6.07 Å². The molecule has 1 aromatic carbocycles. The number of pyridine rings is 1. The summed E-state index contributed by atoms with van der Waals surface area (Å²) in [6.07, 6.45) is 1.56. The Bertz CT molecular complexity index is 628. The maximum Gasteiger partial charge on any atom is 0.255 e. The average Bonchev–Trinajstić information content (AvgIpc) is 2.43. The van der Waals surface area contributed by atoms with Crippen molar-refractivity contribution in [3.8, 4) is 0 Å². The summed E-state index contributed by atoms with van der Waals surface area (Å²) < 4.78 is 13.4. The molecule has 0 aliphatic rings. The van der Waals surface area contributed by atoms with Crippen LogP contribution in [0.25, 0.3) is 0 Å². The number of benzene rings is 1. The van der Waals surface area contributed by atoms with Crippen LogP contribution < -0.4 is 10.6 Å². The van der Waals surface area contributed by atoms with Crippen LogP contribution in [0, 0.1) is 12.7 Å². The first-order valence-electron chi connectivity index (χ1n) is 6.37. The highest BCUT2D eigenvalue weighted by Gasteiger charge is 2.08. The Morgan fingerprint density at radius 3 is 2.80 bits per heavy atom. The van der Waals surface area contributed by atoms with E-state index in [0.717, 1.165) is 6.54 Å². The molecule has 0 atom stereocenters. The number of hydrogen-bond acceptors (Lipinski definition) is 3. The molecule has 0 bridgehead atoms. The van der Waals surface area contributed by atoms with Gasteiger partial charge in [-0.3, -0.25) is 4.79 Å². The average molecular weight is 273 g/mol. The lowest BCUT2D eigenvalue weighted by Gasteiger charge is -2.08. The van der Waals surface area contributed by atoms with Crippen molar-refractivity contribution >= 4 is 17.4 Å². The van der Waals surface area contributed by atoms with Crippen LogP contribution >= 0.6 is 0 Å². The molecule has 0 saturated carbocycles. The highest BCUT2D eigenvalue weighted by atomic mass is 19.1. The molecule has 5 heteroatoms. The molecule has 2 rings (SSSR count). The van der Waals surface area contributed by atoms with Crippen LogP contribution in [0.3, 0.4) is 0 Å². The number of nitrogens with one attached hydrogen (secondary N) is 2. The molecule has 2 N–H and O–H groups in total. The van der Waals surface area contributed by atoms with E-state index < -0.39 is 0 Å². The molecule has 2 aromatic rings. The lowest BCUT2D eigenvalue weighted by Crippen LogP contribution is -2.13. The molecule has 0 aliphatic heterocycles. The molecule has 0 saturated heterocycles. The molecule has 1 amide bonds. The Balaban J connectivity index is 2.15. The standard InChI is InChI=1S/C15H16FN3O/c1-3-17-14-8-11(6-7-18-14)15(20)19-12-5-4-10(2)13(16)9-12/h4-9H,3H2,1-2H3,(H,17,18)(H,19,20). The normalized spacial score (nSPS) is 10.2. The molecular formula is C15H16FN3O. The summed E-state index contributed by atoms with van der Waals surface area (Å²) >= 11 is 0. The predicted molar refractivity (Wildman–Crippen MR) is 77.5 cm³/mol. The van der Waals surface area contributed by atoms with Crippen molar-refractivity contribution in [2.75, 3.05) is 17.2 Å². The first-order chi connectivity index (χ1) is 9.60. The largest absolute Gasteiger partial charge is 0.370 e. The number of rotatable bonds is 4. The molecule has 0 radical (unpaired) electrons. The van der Waals surface area contributed by atoms with Crippen molar-refractivity contribution in [3.63, 3.8) is 0 Å². The van der Waals surface area contributed by atoms with E-state index >= 15 is 0 Å². The fraction of sp³-hybridized carbons (Fsp3) is 0.200. The van der Waals surface area contributed by atoms with Gasteiger partial charge in [0.15, 0.2) is 0 Å². The Hall–Kier alpha value is -2.43. The van der Waals surface area contributed by atoms with E-state index in [9.17, 15) is 9.18 Å². The molecule has 1 heterocycles. The van der Waals surface area contributed by atoms with Crippen molar-refractivity contribution < 1.29 is 9.18 Å². The molecule has 20 heavy (non-hydrogen) atoms. The molecule has 4 nitrogen and oxygen atoms in total. The summed E-state index contributed by atoms with van der Waals surface area (Å²) in [5.74, 6) is -0.00379. The maximum absolute atomic E-state index is 13.4. The second kappa shape index (κ2) is 6.14. The molecule has 0 unspecified atom stereocenters. The number of aryl methyl sites for hydroxylation is 1. The van der Waals surface area contributed by atoms with Gasteiger partial charge in [-0.25, -0.2) is 9.37 Å². The third-order valence-corrected chi connectivity index (χ3v) is 2.81. The number of anilines is 2. The maximum atomic E-state index is 13.4. The van der Waals surface area contributed by atoms with E-state index in [1.807, 2.05) is 6.92 Å². The lowest BCUT2D eigenvalue weighted by molar-refractivity contribution is 0.102. The fourth-order valence-corrected chi connectivity index (χ4v) is 1.72. The SMILES string of the molecule is CCNc1cc(C(=O)Nc2ccc(C)c(F)c2)ccn1. The second-order valence-corrected chi connectivity index (χ2v) is 4.38. The van der Waals surface area contributed by atoms with E-state index in [-0.39, 0.29) is 11.7 Å². The van der Waals surface area contributed by atoms with Crippen molar-refractivity contribution in [2.45, 2.75) is 13.8 Å². The van der Waals surface area contributed by atoms with Gasteiger partial charge < -0.3 is 10.6 Å².